The van der Waals surface area contributed by atoms with E-state index in [1.54, 1.807) is 31.3 Å². The molecule has 192 valence electrons. The Kier molecular flexibility index (Phi) is 8.21. The highest BCUT2D eigenvalue weighted by Crippen LogP contribution is 2.41. The van der Waals surface area contributed by atoms with E-state index in [2.05, 4.69) is 6.92 Å². The molecule has 3 aromatic rings. The van der Waals surface area contributed by atoms with E-state index in [4.69, 9.17) is 30.2 Å². The third kappa shape index (κ3) is 4.95. The highest BCUT2D eigenvalue weighted by Gasteiger charge is 2.42. The van der Waals surface area contributed by atoms with Gasteiger partial charge in [-0.05, 0) is 48.7 Å². The standard InChI is InChI=1S/C28H32ClNO6/c1-5-6-7-8-12-35-21-10-9-18(15-23(21)34-4)25-24-26(31)19-16-20(29)17(2)14-22(19)36-27(24)28(32)30(25)11-13-33-3/h9-10,14-16,25H,5-8,11-13H2,1-4H3. The third-order valence-electron chi connectivity index (χ3n) is 6.54. The minimum absolute atomic E-state index is 0.0468. The van der Waals surface area contributed by atoms with Crippen molar-refractivity contribution in [2.45, 2.75) is 45.6 Å². The molecular formula is C28H32ClNO6. The van der Waals surface area contributed by atoms with Crippen LogP contribution in [-0.2, 0) is 4.74 Å². The van der Waals surface area contributed by atoms with Gasteiger partial charge in [-0.2, -0.15) is 0 Å². The Balaban J connectivity index is 1.78. The number of ether oxygens (including phenoxy) is 3. The molecule has 1 unspecified atom stereocenters. The molecule has 0 saturated heterocycles. The molecule has 0 aliphatic carbocycles. The summed E-state index contributed by atoms with van der Waals surface area (Å²) in [6.45, 7) is 5.19. The average molecular weight is 514 g/mol. The predicted molar refractivity (Wildman–Crippen MR) is 140 cm³/mol. The molecule has 0 spiro atoms. The Bertz CT molecular complexity index is 1320. The van der Waals surface area contributed by atoms with E-state index < -0.39 is 6.04 Å². The van der Waals surface area contributed by atoms with Crippen LogP contribution in [0.1, 0.15) is 65.9 Å². The number of amides is 1. The van der Waals surface area contributed by atoms with Gasteiger partial charge in [0.05, 0.1) is 37.3 Å². The van der Waals surface area contributed by atoms with E-state index in [1.165, 1.54) is 6.42 Å². The first-order valence-electron chi connectivity index (χ1n) is 12.3. The zero-order chi connectivity index (χ0) is 25.8. The number of hydrogen-bond acceptors (Lipinski definition) is 6. The van der Waals surface area contributed by atoms with E-state index >= 15 is 0 Å². The van der Waals surface area contributed by atoms with E-state index in [0.29, 0.717) is 46.3 Å². The molecule has 36 heavy (non-hydrogen) atoms. The molecule has 1 atom stereocenters. The summed E-state index contributed by atoms with van der Waals surface area (Å²) in [5, 5.41) is 0.809. The second-order valence-corrected chi connectivity index (χ2v) is 9.39. The van der Waals surface area contributed by atoms with Gasteiger partial charge in [0.25, 0.3) is 5.91 Å². The number of methoxy groups -OCH3 is 2. The smallest absolute Gasteiger partial charge is 0.290 e. The van der Waals surface area contributed by atoms with Gasteiger partial charge in [-0.15, -0.1) is 0 Å². The third-order valence-corrected chi connectivity index (χ3v) is 6.95. The van der Waals surface area contributed by atoms with Crippen LogP contribution >= 0.6 is 11.6 Å². The molecule has 0 bridgehead atoms. The molecule has 0 radical (unpaired) electrons. The first-order valence-corrected chi connectivity index (χ1v) is 12.7. The molecular weight excluding hydrogens is 482 g/mol. The van der Waals surface area contributed by atoms with Gasteiger partial charge < -0.3 is 23.5 Å². The molecule has 1 amide bonds. The lowest BCUT2D eigenvalue weighted by atomic mass is 9.98. The number of aryl methyl sites for hydroxylation is 1. The van der Waals surface area contributed by atoms with Crippen molar-refractivity contribution in [2.75, 3.05) is 34.0 Å². The molecule has 1 aliphatic heterocycles. The molecule has 8 heteroatoms. The van der Waals surface area contributed by atoms with Crippen LogP contribution in [0.15, 0.2) is 39.5 Å². The monoisotopic (exact) mass is 513 g/mol. The molecule has 7 nitrogen and oxygen atoms in total. The number of carbonyl (C=O) groups is 1. The van der Waals surface area contributed by atoms with Gasteiger partial charge in [0.15, 0.2) is 16.9 Å². The quantitative estimate of drug-likeness (QED) is 0.296. The normalized spacial score (nSPS) is 15.0. The Morgan fingerprint density at radius 3 is 2.56 bits per heavy atom. The number of hydrogen-bond donors (Lipinski definition) is 0. The van der Waals surface area contributed by atoms with Gasteiger partial charge in [0.2, 0.25) is 5.76 Å². The second-order valence-electron chi connectivity index (χ2n) is 8.98. The lowest BCUT2D eigenvalue weighted by Crippen LogP contribution is -2.32. The first kappa shape index (κ1) is 26.0. The largest absolute Gasteiger partial charge is 0.493 e. The van der Waals surface area contributed by atoms with Crippen LogP contribution < -0.4 is 14.9 Å². The lowest BCUT2D eigenvalue weighted by Gasteiger charge is -2.25. The zero-order valence-corrected chi connectivity index (χ0v) is 21.9. The Hall–Kier alpha value is -3.03. The van der Waals surface area contributed by atoms with Crippen molar-refractivity contribution in [3.63, 3.8) is 0 Å². The fraction of sp³-hybridized carbons (Fsp3) is 0.429. The molecule has 0 fully saturated rings. The SMILES string of the molecule is CCCCCCOc1ccc(C2c3c(oc4cc(C)c(Cl)cc4c3=O)C(=O)N2CCOC)cc1OC. The maximum Gasteiger partial charge on any atom is 0.290 e. The molecule has 0 saturated carbocycles. The van der Waals surface area contributed by atoms with Crippen molar-refractivity contribution in [2.24, 2.45) is 0 Å². The van der Waals surface area contributed by atoms with Crippen molar-refractivity contribution >= 4 is 28.5 Å². The van der Waals surface area contributed by atoms with Gasteiger partial charge in [0.1, 0.15) is 5.58 Å². The zero-order valence-electron chi connectivity index (χ0n) is 21.2. The molecule has 2 heterocycles. The van der Waals surface area contributed by atoms with E-state index in [0.717, 1.165) is 30.4 Å². The van der Waals surface area contributed by atoms with Crippen molar-refractivity contribution in [3.8, 4) is 11.5 Å². The molecule has 4 rings (SSSR count). The maximum atomic E-state index is 13.7. The van der Waals surface area contributed by atoms with Crippen molar-refractivity contribution in [1.29, 1.82) is 0 Å². The topological polar surface area (TPSA) is 78.2 Å². The van der Waals surface area contributed by atoms with Crippen molar-refractivity contribution in [1.82, 2.24) is 4.90 Å². The number of fused-ring (bicyclic) bond motifs is 2. The molecule has 0 N–H and O–H groups in total. The predicted octanol–water partition coefficient (Wildman–Crippen LogP) is 5.91. The van der Waals surface area contributed by atoms with E-state index in [-0.39, 0.29) is 23.6 Å². The number of halogens is 1. The average Bonchev–Trinajstić information content (AvgIpc) is 3.15. The molecule has 1 aromatic heterocycles. The number of carbonyl (C=O) groups excluding carboxylic acids is 1. The highest BCUT2D eigenvalue weighted by atomic mass is 35.5. The van der Waals surface area contributed by atoms with Crippen LogP contribution in [0.3, 0.4) is 0 Å². The van der Waals surface area contributed by atoms with Gasteiger partial charge in [0, 0.05) is 18.7 Å². The summed E-state index contributed by atoms with van der Waals surface area (Å²) < 4.78 is 22.8. The van der Waals surface area contributed by atoms with E-state index in [1.807, 2.05) is 25.1 Å². The summed E-state index contributed by atoms with van der Waals surface area (Å²) >= 11 is 6.31. The minimum atomic E-state index is -0.657. The Morgan fingerprint density at radius 2 is 1.83 bits per heavy atom. The summed E-state index contributed by atoms with van der Waals surface area (Å²) in [5.41, 5.74) is 1.84. The summed E-state index contributed by atoms with van der Waals surface area (Å²) in [6.07, 6.45) is 4.41. The molecule has 2 aromatic carbocycles. The first-order chi connectivity index (χ1) is 17.4. The minimum Gasteiger partial charge on any atom is -0.493 e. The number of benzene rings is 2. The Labute approximate surface area is 215 Å². The van der Waals surface area contributed by atoms with Crippen molar-refractivity contribution < 1.29 is 23.4 Å². The number of unbranched alkanes of at least 4 members (excludes halogenated alkanes) is 3. The van der Waals surface area contributed by atoms with Crippen LogP contribution in [0.2, 0.25) is 5.02 Å². The fourth-order valence-corrected chi connectivity index (χ4v) is 4.76. The Morgan fingerprint density at radius 1 is 1.03 bits per heavy atom. The van der Waals surface area contributed by atoms with Gasteiger partial charge >= 0.3 is 0 Å². The van der Waals surface area contributed by atoms with Crippen LogP contribution in [-0.4, -0.2) is 44.8 Å². The van der Waals surface area contributed by atoms with Gasteiger partial charge in [-0.1, -0.05) is 43.9 Å². The van der Waals surface area contributed by atoms with E-state index in [9.17, 15) is 9.59 Å². The number of nitrogens with zero attached hydrogens (tertiary/aromatic N) is 1. The number of rotatable bonds is 11. The van der Waals surface area contributed by atoms with Crippen LogP contribution in [0.5, 0.6) is 11.5 Å². The second kappa shape index (κ2) is 11.4. The highest BCUT2D eigenvalue weighted by molar-refractivity contribution is 6.32. The summed E-state index contributed by atoms with van der Waals surface area (Å²) in [7, 11) is 3.15. The van der Waals surface area contributed by atoms with Crippen LogP contribution in [0, 0.1) is 6.92 Å². The molecule has 1 aliphatic rings. The van der Waals surface area contributed by atoms with Crippen LogP contribution in [0.4, 0.5) is 0 Å². The lowest BCUT2D eigenvalue weighted by molar-refractivity contribution is 0.0663. The fourth-order valence-electron chi connectivity index (χ4n) is 4.59. The maximum absolute atomic E-state index is 13.7. The van der Waals surface area contributed by atoms with Gasteiger partial charge in [-0.25, -0.2) is 0 Å². The van der Waals surface area contributed by atoms with Crippen molar-refractivity contribution in [3.05, 3.63) is 68.0 Å². The van der Waals surface area contributed by atoms with Crippen LogP contribution in [0.25, 0.3) is 11.0 Å². The van der Waals surface area contributed by atoms with Gasteiger partial charge in [-0.3, -0.25) is 9.59 Å². The summed E-state index contributed by atoms with van der Waals surface area (Å²) in [5.74, 6) is 0.859. The summed E-state index contributed by atoms with van der Waals surface area (Å²) in [4.78, 5) is 28.7. The summed E-state index contributed by atoms with van der Waals surface area (Å²) in [6, 6.07) is 8.15.